The number of carbonyl (C=O) groups is 2. The lowest BCUT2D eigenvalue weighted by Crippen LogP contribution is -2.38. The van der Waals surface area contributed by atoms with Crippen molar-refractivity contribution in [3.63, 3.8) is 0 Å². The Morgan fingerprint density at radius 3 is 2.45 bits per heavy atom. The molecular formula is C16H18N2O3S. The lowest BCUT2D eigenvalue weighted by Gasteiger charge is -2.10. The van der Waals surface area contributed by atoms with Gasteiger partial charge in [-0.25, -0.2) is 0 Å². The first-order valence-electron chi connectivity index (χ1n) is 6.88. The molecule has 1 heterocycles. The zero-order chi connectivity index (χ0) is 16.1. The number of carboxylic acid groups (broad SMARTS) is 1. The molecule has 1 amide bonds. The highest BCUT2D eigenvalue weighted by molar-refractivity contribution is 7.10. The third-order valence-electron chi connectivity index (χ3n) is 3.29. The van der Waals surface area contributed by atoms with Crippen LogP contribution in [0.5, 0.6) is 0 Å². The Bertz CT molecular complexity index is 664. The molecule has 0 fully saturated rings. The lowest BCUT2D eigenvalue weighted by atomic mass is 10.1. The topological polar surface area (TPSA) is 78.4 Å². The molecule has 2 aromatic rings. The molecule has 0 spiro atoms. The maximum Gasteiger partial charge on any atom is 0.325 e. The Labute approximate surface area is 133 Å². The van der Waals surface area contributed by atoms with Crippen LogP contribution in [-0.4, -0.2) is 23.0 Å². The number of nitrogens with one attached hydrogen (secondary N) is 2. The zero-order valence-electron chi connectivity index (χ0n) is 12.4. The summed E-state index contributed by atoms with van der Waals surface area (Å²) in [7, 11) is 0. The Kier molecular flexibility index (Phi) is 5.16. The maximum absolute atomic E-state index is 11.9. The molecule has 1 aromatic heterocycles. The molecular weight excluding hydrogens is 300 g/mol. The van der Waals surface area contributed by atoms with Crippen molar-refractivity contribution in [3.05, 3.63) is 51.7 Å². The van der Waals surface area contributed by atoms with Crippen LogP contribution in [0.4, 0.5) is 5.69 Å². The third kappa shape index (κ3) is 4.08. The molecule has 0 aliphatic carbocycles. The quantitative estimate of drug-likeness (QED) is 0.765. The molecule has 0 aliphatic heterocycles. The van der Waals surface area contributed by atoms with E-state index in [0.717, 1.165) is 12.2 Å². The van der Waals surface area contributed by atoms with Gasteiger partial charge < -0.3 is 15.7 Å². The Morgan fingerprint density at radius 1 is 1.23 bits per heavy atom. The van der Waals surface area contributed by atoms with Gasteiger partial charge in [0.05, 0.1) is 0 Å². The summed E-state index contributed by atoms with van der Waals surface area (Å²) in [6.45, 7) is 4.25. The number of thiophene rings is 1. The fourth-order valence-electron chi connectivity index (χ4n) is 1.85. The zero-order valence-corrected chi connectivity index (χ0v) is 13.2. The minimum Gasteiger partial charge on any atom is -0.480 e. The van der Waals surface area contributed by atoms with Gasteiger partial charge in [0.2, 0.25) is 0 Å². The largest absolute Gasteiger partial charge is 0.480 e. The van der Waals surface area contributed by atoms with Crippen LogP contribution in [-0.2, 0) is 11.3 Å². The second kappa shape index (κ2) is 7.09. The molecule has 0 saturated carbocycles. The first-order valence-corrected chi connectivity index (χ1v) is 7.76. The van der Waals surface area contributed by atoms with Gasteiger partial charge in [0.25, 0.3) is 5.91 Å². The summed E-state index contributed by atoms with van der Waals surface area (Å²) >= 11 is 1.70. The second-order valence-corrected chi connectivity index (χ2v) is 5.99. The van der Waals surface area contributed by atoms with Gasteiger partial charge >= 0.3 is 5.97 Å². The van der Waals surface area contributed by atoms with Crippen molar-refractivity contribution in [3.8, 4) is 0 Å². The van der Waals surface area contributed by atoms with Crippen LogP contribution in [0.2, 0.25) is 0 Å². The van der Waals surface area contributed by atoms with E-state index in [2.05, 4.69) is 29.0 Å². The van der Waals surface area contributed by atoms with E-state index in [4.69, 9.17) is 5.11 Å². The van der Waals surface area contributed by atoms with E-state index in [0.29, 0.717) is 5.56 Å². The summed E-state index contributed by atoms with van der Waals surface area (Å²) in [6, 6.07) is 8.14. The van der Waals surface area contributed by atoms with Crippen molar-refractivity contribution in [2.75, 3.05) is 5.32 Å². The van der Waals surface area contributed by atoms with Gasteiger partial charge in [-0.15, -0.1) is 11.3 Å². The SMILES string of the molecule is Cc1ccsc1CNc1ccc(C(=O)NC(C)C(=O)O)cc1. The van der Waals surface area contributed by atoms with E-state index in [1.54, 1.807) is 23.5 Å². The van der Waals surface area contributed by atoms with Crippen molar-refractivity contribution >= 4 is 28.9 Å². The average molecular weight is 318 g/mol. The normalized spacial score (nSPS) is 11.7. The minimum atomic E-state index is -1.06. The van der Waals surface area contributed by atoms with Crippen LogP contribution in [0.3, 0.4) is 0 Å². The molecule has 3 N–H and O–H groups in total. The van der Waals surface area contributed by atoms with Crippen molar-refractivity contribution in [2.24, 2.45) is 0 Å². The van der Waals surface area contributed by atoms with E-state index in [-0.39, 0.29) is 0 Å². The molecule has 0 aliphatic rings. The van der Waals surface area contributed by atoms with Crippen molar-refractivity contribution in [1.29, 1.82) is 0 Å². The van der Waals surface area contributed by atoms with Gasteiger partial charge in [-0.05, 0) is 55.1 Å². The first kappa shape index (κ1) is 16.0. The number of aryl methyl sites for hydroxylation is 1. The van der Waals surface area contributed by atoms with Crippen LogP contribution in [0.25, 0.3) is 0 Å². The number of amides is 1. The molecule has 0 radical (unpaired) electrons. The van der Waals surface area contributed by atoms with Gasteiger partial charge in [0.1, 0.15) is 6.04 Å². The van der Waals surface area contributed by atoms with Gasteiger partial charge in [0, 0.05) is 22.7 Å². The van der Waals surface area contributed by atoms with Crippen LogP contribution >= 0.6 is 11.3 Å². The third-order valence-corrected chi connectivity index (χ3v) is 4.31. The van der Waals surface area contributed by atoms with Gasteiger partial charge in [0.15, 0.2) is 0 Å². The highest BCUT2D eigenvalue weighted by atomic mass is 32.1. The van der Waals surface area contributed by atoms with Crippen molar-refractivity contribution < 1.29 is 14.7 Å². The Hall–Kier alpha value is -2.34. The predicted molar refractivity (Wildman–Crippen MR) is 87.4 cm³/mol. The number of aliphatic carboxylic acids is 1. The molecule has 22 heavy (non-hydrogen) atoms. The highest BCUT2D eigenvalue weighted by Gasteiger charge is 2.14. The van der Waals surface area contributed by atoms with Crippen LogP contribution < -0.4 is 10.6 Å². The number of anilines is 1. The number of rotatable bonds is 6. The van der Waals surface area contributed by atoms with Crippen molar-refractivity contribution in [1.82, 2.24) is 5.32 Å². The second-order valence-electron chi connectivity index (χ2n) is 4.99. The summed E-state index contributed by atoms with van der Waals surface area (Å²) in [4.78, 5) is 23.9. The summed E-state index contributed by atoms with van der Waals surface area (Å²) < 4.78 is 0. The van der Waals surface area contributed by atoms with Crippen LogP contribution in [0.1, 0.15) is 27.7 Å². The smallest absolute Gasteiger partial charge is 0.325 e. The number of hydrogen-bond acceptors (Lipinski definition) is 4. The predicted octanol–water partition coefficient (Wildman–Crippen LogP) is 2.87. The molecule has 6 heteroatoms. The fraction of sp³-hybridized carbons (Fsp3) is 0.250. The standard InChI is InChI=1S/C16H18N2O3S/c1-10-7-8-22-14(10)9-17-13-5-3-12(4-6-13)15(19)18-11(2)16(20)21/h3-8,11,17H,9H2,1-2H3,(H,18,19)(H,20,21). The molecule has 116 valence electrons. The minimum absolute atomic E-state index is 0.393. The number of carboxylic acids is 1. The lowest BCUT2D eigenvalue weighted by molar-refractivity contribution is -0.138. The van der Waals surface area contributed by atoms with Gasteiger partial charge in [-0.1, -0.05) is 0 Å². The summed E-state index contributed by atoms with van der Waals surface area (Å²) in [6.07, 6.45) is 0. The van der Waals surface area contributed by atoms with E-state index < -0.39 is 17.9 Å². The summed E-state index contributed by atoms with van der Waals surface area (Å²) in [5.74, 6) is -1.45. The maximum atomic E-state index is 11.9. The summed E-state index contributed by atoms with van der Waals surface area (Å²) in [5.41, 5.74) is 2.61. The molecule has 1 atom stereocenters. The monoisotopic (exact) mass is 318 g/mol. The first-order chi connectivity index (χ1) is 10.5. The molecule has 5 nitrogen and oxygen atoms in total. The van der Waals surface area contributed by atoms with E-state index in [1.165, 1.54) is 17.4 Å². The number of benzene rings is 1. The fourth-order valence-corrected chi connectivity index (χ4v) is 2.69. The number of hydrogen-bond donors (Lipinski definition) is 3. The van der Waals surface area contributed by atoms with Gasteiger partial charge in [-0.2, -0.15) is 0 Å². The molecule has 0 bridgehead atoms. The van der Waals surface area contributed by atoms with Gasteiger partial charge in [-0.3, -0.25) is 9.59 Å². The average Bonchev–Trinajstić information content (AvgIpc) is 2.90. The van der Waals surface area contributed by atoms with E-state index >= 15 is 0 Å². The Balaban J connectivity index is 1.94. The van der Waals surface area contributed by atoms with E-state index in [1.807, 2.05) is 12.1 Å². The van der Waals surface area contributed by atoms with Crippen molar-refractivity contribution in [2.45, 2.75) is 26.4 Å². The highest BCUT2D eigenvalue weighted by Crippen LogP contribution is 2.18. The van der Waals surface area contributed by atoms with E-state index in [9.17, 15) is 9.59 Å². The molecule has 1 aromatic carbocycles. The Morgan fingerprint density at radius 2 is 1.91 bits per heavy atom. The van der Waals surface area contributed by atoms with Crippen LogP contribution in [0.15, 0.2) is 35.7 Å². The molecule has 1 unspecified atom stereocenters. The summed E-state index contributed by atoms with van der Waals surface area (Å²) in [5, 5.41) is 16.6. The molecule has 2 rings (SSSR count). The molecule has 0 saturated heterocycles. The van der Waals surface area contributed by atoms with Crippen LogP contribution in [0, 0.1) is 6.92 Å². The number of carbonyl (C=O) groups excluding carboxylic acids is 1.